The van der Waals surface area contributed by atoms with Crippen LogP contribution >= 0.6 is 11.6 Å². The predicted octanol–water partition coefficient (Wildman–Crippen LogP) is 4.33. The predicted molar refractivity (Wildman–Crippen MR) is 145 cm³/mol. The zero-order chi connectivity index (χ0) is 27.8. The van der Waals surface area contributed by atoms with Crippen molar-refractivity contribution >= 4 is 40.1 Å². The molecule has 0 aliphatic heterocycles. The third kappa shape index (κ3) is 4.13. The van der Waals surface area contributed by atoms with Crippen molar-refractivity contribution in [3.05, 3.63) is 62.4 Å². The molecule has 3 aliphatic rings. The van der Waals surface area contributed by atoms with E-state index in [1.807, 2.05) is 26.0 Å². The van der Waals surface area contributed by atoms with Crippen molar-refractivity contribution in [3.63, 3.8) is 0 Å². The van der Waals surface area contributed by atoms with E-state index in [2.05, 4.69) is 10.3 Å². The van der Waals surface area contributed by atoms with Crippen molar-refractivity contribution in [2.45, 2.75) is 70.9 Å². The number of carbonyl (C=O) groups is 2. The average molecular weight is 538 g/mol. The summed E-state index contributed by atoms with van der Waals surface area (Å²) in [5.41, 5.74) is 6.84. The van der Waals surface area contributed by atoms with E-state index in [0.29, 0.717) is 41.7 Å². The lowest BCUT2D eigenvalue weighted by atomic mass is 9.34. The van der Waals surface area contributed by atoms with E-state index in [4.69, 9.17) is 27.1 Å². The van der Waals surface area contributed by atoms with Gasteiger partial charge in [-0.3, -0.25) is 14.2 Å². The lowest BCUT2D eigenvalue weighted by Crippen LogP contribution is -2.70. The molecule has 3 N–H and O–H groups in total. The van der Waals surface area contributed by atoms with Gasteiger partial charge in [0.1, 0.15) is 16.6 Å². The van der Waals surface area contributed by atoms with E-state index in [1.54, 1.807) is 44.5 Å². The number of hydrogen-bond donors (Lipinski definition) is 2. The van der Waals surface area contributed by atoms with Crippen LogP contribution in [0.1, 0.15) is 80.4 Å². The number of carbonyl (C=O) groups excluding carboxylic acids is 2. The normalized spacial score (nSPS) is 22.8. The molecular formula is C28H32ClN5O4. The van der Waals surface area contributed by atoms with Crippen LogP contribution in [0, 0.1) is 12.3 Å². The summed E-state index contributed by atoms with van der Waals surface area (Å²) in [4.78, 5) is 47.5. The molecule has 3 fully saturated rings. The number of amides is 1. The molecule has 200 valence electrons. The highest BCUT2D eigenvalue weighted by atomic mass is 35.5. The van der Waals surface area contributed by atoms with Gasteiger partial charge < -0.3 is 15.8 Å². The lowest BCUT2D eigenvalue weighted by molar-refractivity contribution is -0.174. The van der Waals surface area contributed by atoms with Crippen molar-refractivity contribution in [1.82, 2.24) is 14.5 Å². The van der Waals surface area contributed by atoms with Crippen molar-refractivity contribution in [2.75, 3.05) is 5.32 Å². The molecule has 2 heterocycles. The van der Waals surface area contributed by atoms with Gasteiger partial charge in [-0.15, -0.1) is 0 Å². The molecule has 10 heteroatoms. The summed E-state index contributed by atoms with van der Waals surface area (Å²) in [5, 5.41) is 4.04. The molecule has 38 heavy (non-hydrogen) atoms. The number of aryl methyl sites for hydroxylation is 1. The number of halogens is 1. The van der Waals surface area contributed by atoms with E-state index < -0.39 is 17.0 Å². The monoisotopic (exact) mass is 537 g/mol. The number of nitrogens with one attached hydrogen (secondary N) is 1. The molecule has 1 atom stereocenters. The molecule has 3 aliphatic carbocycles. The second-order valence-corrected chi connectivity index (χ2v) is 12.3. The Hall–Kier alpha value is -3.46. The maximum atomic E-state index is 13.5. The van der Waals surface area contributed by atoms with E-state index in [0.717, 1.165) is 11.1 Å². The summed E-state index contributed by atoms with van der Waals surface area (Å²) in [6, 6.07) is 6.76. The SMILES string of the molecule is Cc1cc([C@@H](C)Nc2ccc(Cl)nc2C(=O)OC(C)(C)C)c2nc(C34CC(C(N)=O)(C3)C4)n(C)c(=O)c2c1. The topological polar surface area (TPSA) is 129 Å². The summed E-state index contributed by atoms with van der Waals surface area (Å²) >= 11 is 6.11. The lowest BCUT2D eigenvalue weighted by Gasteiger charge is -2.68. The Morgan fingerprint density at radius 1 is 1.18 bits per heavy atom. The fourth-order valence-corrected chi connectivity index (χ4v) is 6.14. The minimum atomic E-state index is -0.703. The summed E-state index contributed by atoms with van der Waals surface area (Å²) < 4.78 is 7.15. The van der Waals surface area contributed by atoms with E-state index >= 15 is 0 Å². The van der Waals surface area contributed by atoms with Crippen LogP contribution in [-0.4, -0.2) is 32.0 Å². The Bertz CT molecular complexity index is 1550. The van der Waals surface area contributed by atoms with E-state index in [-0.39, 0.29) is 33.8 Å². The number of aromatic nitrogens is 3. The standard InChI is InChI=1S/C28H32ClN5O4/c1-14-9-16(15(2)31-18-7-8-19(29)32-21(18)23(36)38-26(3,4)5)20-17(10-14)22(35)34(6)25(33-20)28-11-27(12-28,13-28)24(30)37/h7-10,15,31H,11-13H2,1-6H3,(H2,30,37)/t15-,27?,28?/m1/s1. The molecule has 3 saturated carbocycles. The minimum absolute atomic E-state index is 0.0754. The molecule has 0 radical (unpaired) electrons. The molecule has 3 aromatic rings. The van der Waals surface area contributed by atoms with Gasteiger partial charge in [0.15, 0.2) is 5.69 Å². The van der Waals surface area contributed by atoms with Crippen molar-refractivity contribution in [1.29, 1.82) is 0 Å². The van der Waals surface area contributed by atoms with Crippen LogP contribution in [0.5, 0.6) is 0 Å². The van der Waals surface area contributed by atoms with Gasteiger partial charge in [0, 0.05) is 18.0 Å². The number of fused-ring (bicyclic) bond motifs is 1. The van der Waals surface area contributed by atoms with Crippen molar-refractivity contribution < 1.29 is 14.3 Å². The number of ether oxygens (including phenoxy) is 1. The maximum absolute atomic E-state index is 13.5. The van der Waals surface area contributed by atoms with Gasteiger partial charge in [0.05, 0.1) is 28.0 Å². The first-order valence-electron chi connectivity index (χ1n) is 12.6. The zero-order valence-corrected chi connectivity index (χ0v) is 23.2. The largest absolute Gasteiger partial charge is 0.455 e. The number of rotatable bonds is 6. The summed E-state index contributed by atoms with van der Waals surface area (Å²) in [7, 11) is 1.73. The number of primary amides is 1. The first-order chi connectivity index (χ1) is 17.6. The summed E-state index contributed by atoms with van der Waals surface area (Å²) in [6.45, 7) is 9.21. The van der Waals surface area contributed by atoms with Crippen LogP contribution in [-0.2, 0) is 22.0 Å². The third-order valence-corrected chi connectivity index (χ3v) is 7.88. The Kier molecular flexibility index (Phi) is 5.87. The molecular weight excluding hydrogens is 506 g/mol. The van der Waals surface area contributed by atoms with Crippen LogP contribution in [0.15, 0.2) is 29.1 Å². The number of anilines is 1. The minimum Gasteiger partial charge on any atom is -0.455 e. The Morgan fingerprint density at radius 3 is 2.45 bits per heavy atom. The quantitative estimate of drug-likeness (QED) is 0.353. The van der Waals surface area contributed by atoms with Gasteiger partial charge in [-0.1, -0.05) is 17.7 Å². The summed E-state index contributed by atoms with van der Waals surface area (Å²) in [6.07, 6.45) is 1.85. The fraction of sp³-hybridized carbons (Fsp3) is 0.464. The molecule has 0 unspecified atom stereocenters. The van der Waals surface area contributed by atoms with Crippen LogP contribution in [0.4, 0.5) is 5.69 Å². The van der Waals surface area contributed by atoms with Crippen LogP contribution in [0.3, 0.4) is 0 Å². The number of esters is 1. The van der Waals surface area contributed by atoms with Crippen molar-refractivity contribution in [3.8, 4) is 0 Å². The Balaban J connectivity index is 1.55. The Labute approximate surface area is 225 Å². The molecule has 0 spiro atoms. The van der Waals surface area contributed by atoms with Gasteiger partial charge >= 0.3 is 5.97 Å². The smallest absolute Gasteiger partial charge is 0.359 e. The third-order valence-electron chi connectivity index (χ3n) is 7.67. The van der Waals surface area contributed by atoms with Gasteiger partial charge in [-0.05, 0) is 77.6 Å². The highest BCUT2D eigenvalue weighted by Gasteiger charge is 2.73. The molecule has 6 rings (SSSR count). The number of benzene rings is 1. The molecule has 9 nitrogen and oxygen atoms in total. The molecule has 1 amide bonds. The van der Waals surface area contributed by atoms with E-state index in [9.17, 15) is 14.4 Å². The van der Waals surface area contributed by atoms with Gasteiger partial charge in [-0.2, -0.15) is 0 Å². The van der Waals surface area contributed by atoms with Crippen LogP contribution in [0.25, 0.3) is 10.9 Å². The molecule has 1 aromatic carbocycles. The number of nitrogens with two attached hydrogens (primary N) is 1. The average Bonchev–Trinajstić information content (AvgIpc) is 2.75. The second kappa shape index (κ2) is 8.53. The molecule has 0 saturated heterocycles. The Morgan fingerprint density at radius 2 is 1.84 bits per heavy atom. The number of nitrogens with zero attached hydrogens (tertiary/aromatic N) is 3. The first-order valence-corrected chi connectivity index (χ1v) is 13.0. The summed E-state index contributed by atoms with van der Waals surface area (Å²) in [5.74, 6) is -0.195. The highest BCUT2D eigenvalue weighted by molar-refractivity contribution is 6.29. The maximum Gasteiger partial charge on any atom is 0.359 e. The van der Waals surface area contributed by atoms with E-state index in [1.165, 1.54) is 0 Å². The molecule has 2 bridgehead atoms. The van der Waals surface area contributed by atoms with Gasteiger partial charge in [0.25, 0.3) is 5.56 Å². The second-order valence-electron chi connectivity index (χ2n) is 11.9. The molecule has 2 aromatic heterocycles. The van der Waals surface area contributed by atoms with Gasteiger partial charge in [-0.25, -0.2) is 14.8 Å². The van der Waals surface area contributed by atoms with Gasteiger partial charge in [0.2, 0.25) is 5.91 Å². The van der Waals surface area contributed by atoms with Crippen molar-refractivity contribution in [2.24, 2.45) is 18.2 Å². The van der Waals surface area contributed by atoms with Crippen LogP contribution in [0.2, 0.25) is 5.15 Å². The first kappa shape index (κ1) is 26.2. The number of hydrogen-bond acceptors (Lipinski definition) is 7. The van der Waals surface area contributed by atoms with Crippen LogP contribution < -0.4 is 16.6 Å². The highest BCUT2D eigenvalue weighted by Crippen LogP contribution is 2.73. The number of pyridine rings is 1. The fourth-order valence-electron chi connectivity index (χ4n) is 5.99. The zero-order valence-electron chi connectivity index (χ0n) is 22.4.